The van der Waals surface area contributed by atoms with Gasteiger partial charge in [0.15, 0.2) is 0 Å². The van der Waals surface area contributed by atoms with Gasteiger partial charge in [0.1, 0.15) is 0 Å². The molecule has 1 N–H and O–H groups in total. The van der Waals surface area contributed by atoms with Crippen molar-refractivity contribution in [2.45, 2.75) is 33.1 Å². The molecule has 0 saturated heterocycles. The van der Waals surface area contributed by atoms with Gasteiger partial charge in [0.2, 0.25) is 0 Å². The molecular formula is C15H24ClNO. The van der Waals surface area contributed by atoms with Crippen molar-refractivity contribution >= 4 is 11.6 Å². The van der Waals surface area contributed by atoms with Gasteiger partial charge >= 0.3 is 0 Å². The first-order chi connectivity index (χ1) is 8.65. The minimum Gasteiger partial charge on any atom is -0.383 e. The molecule has 18 heavy (non-hydrogen) atoms. The lowest BCUT2D eigenvalue weighted by atomic mass is 10.0. The number of methoxy groups -OCH3 is 1. The highest BCUT2D eigenvalue weighted by molar-refractivity contribution is 6.31. The summed E-state index contributed by atoms with van der Waals surface area (Å²) in [6.07, 6.45) is 3.40. The summed E-state index contributed by atoms with van der Waals surface area (Å²) < 4.78 is 4.98. The Hall–Kier alpha value is -0.570. The van der Waals surface area contributed by atoms with Gasteiger partial charge < -0.3 is 10.1 Å². The fourth-order valence-corrected chi connectivity index (χ4v) is 2.21. The molecule has 0 aliphatic rings. The van der Waals surface area contributed by atoms with E-state index in [0.29, 0.717) is 0 Å². The van der Waals surface area contributed by atoms with E-state index in [9.17, 15) is 0 Å². The molecule has 0 radical (unpaired) electrons. The molecular weight excluding hydrogens is 246 g/mol. The second-order valence-corrected chi connectivity index (χ2v) is 5.13. The Morgan fingerprint density at radius 3 is 2.56 bits per heavy atom. The molecule has 0 aromatic heterocycles. The number of benzene rings is 1. The van der Waals surface area contributed by atoms with Crippen molar-refractivity contribution in [1.29, 1.82) is 0 Å². The van der Waals surface area contributed by atoms with E-state index in [2.05, 4.69) is 31.3 Å². The summed E-state index contributed by atoms with van der Waals surface area (Å²) in [6.45, 7) is 7.00. The summed E-state index contributed by atoms with van der Waals surface area (Å²) in [5.41, 5.74) is 3.87. The number of halogens is 1. The zero-order valence-corrected chi connectivity index (χ0v) is 12.4. The van der Waals surface area contributed by atoms with E-state index in [4.69, 9.17) is 16.3 Å². The highest BCUT2D eigenvalue weighted by atomic mass is 35.5. The number of ether oxygens (including phenoxy) is 1. The predicted octanol–water partition coefficient (Wildman–Crippen LogP) is 3.52. The van der Waals surface area contributed by atoms with Crippen LogP contribution >= 0.6 is 11.6 Å². The maximum atomic E-state index is 6.25. The number of unbranched alkanes of at least 4 members (excludes halogenated alkanes) is 1. The molecule has 0 unspecified atom stereocenters. The number of hydrogen-bond acceptors (Lipinski definition) is 2. The number of nitrogens with one attached hydrogen (secondary N) is 1. The molecule has 0 spiro atoms. The van der Waals surface area contributed by atoms with Gasteiger partial charge in [-0.1, -0.05) is 17.7 Å². The van der Waals surface area contributed by atoms with Crippen LogP contribution in [0.1, 0.15) is 29.5 Å². The van der Waals surface area contributed by atoms with Gasteiger partial charge in [-0.15, -0.1) is 0 Å². The van der Waals surface area contributed by atoms with Crippen LogP contribution in [0.15, 0.2) is 12.1 Å². The Balaban J connectivity index is 2.25. The lowest BCUT2D eigenvalue weighted by Crippen LogP contribution is -2.20. The second-order valence-electron chi connectivity index (χ2n) is 4.73. The highest BCUT2D eigenvalue weighted by Crippen LogP contribution is 2.22. The van der Waals surface area contributed by atoms with Gasteiger partial charge in [-0.05, 0) is 62.4 Å². The van der Waals surface area contributed by atoms with Gasteiger partial charge in [-0.2, -0.15) is 0 Å². The van der Waals surface area contributed by atoms with E-state index in [-0.39, 0.29) is 0 Å². The molecule has 0 atom stereocenters. The van der Waals surface area contributed by atoms with Crippen LogP contribution in [-0.2, 0) is 11.2 Å². The highest BCUT2D eigenvalue weighted by Gasteiger charge is 2.03. The largest absolute Gasteiger partial charge is 0.383 e. The molecule has 1 rings (SSSR count). The fourth-order valence-electron chi connectivity index (χ4n) is 1.90. The monoisotopic (exact) mass is 269 g/mol. The molecule has 0 aliphatic carbocycles. The van der Waals surface area contributed by atoms with Crippen molar-refractivity contribution in [3.8, 4) is 0 Å². The Kier molecular flexibility index (Phi) is 7.33. The first-order valence-corrected chi connectivity index (χ1v) is 6.98. The fraction of sp³-hybridized carbons (Fsp3) is 0.600. The van der Waals surface area contributed by atoms with Crippen LogP contribution in [0, 0.1) is 13.8 Å². The molecule has 1 aromatic rings. The van der Waals surface area contributed by atoms with Crippen LogP contribution in [0.2, 0.25) is 5.02 Å². The molecule has 102 valence electrons. The third-order valence-corrected chi connectivity index (χ3v) is 3.55. The molecule has 0 amide bonds. The van der Waals surface area contributed by atoms with Crippen molar-refractivity contribution in [2.24, 2.45) is 0 Å². The number of aryl methyl sites for hydroxylation is 3. The van der Waals surface area contributed by atoms with E-state index >= 15 is 0 Å². The zero-order chi connectivity index (χ0) is 13.4. The van der Waals surface area contributed by atoms with Crippen molar-refractivity contribution in [2.75, 3.05) is 26.8 Å². The minimum absolute atomic E-state index is 0.781. The van der Waals surface area contributed by atoms with Crippen LogP contribution in [0.4, 0.5) is 0 Å². The Morgan fingerprint density at radius 1 is 1.11 bits per heavy atom. The van der Waals surface area contributed by atoms with Gasteiger partial charge in [0.05, 0.1) is 6.61 Å². The van der Waals surface area contributed by atoms with Crippen molar-refractivity contribution < 1.29 is 4.74 Å². The molecule has 0 heterocycles. The van der Waals surface area contributed by atoms with E-state index in [1.165, 1.54) is 29.5 Å². The standard InChI is InChI=1S/C15H24ClNO/c1-12-10-14(15(16)11-13(12)2)6-4-5-7-17-8-9-18-3/h10-11,17H,4-9H2,1-3H3. The number of rotatable bonds is 8. The third kappa shape index (κ3) is 5.38. The molecule has 2 nitrogen and oxygen atoms in total. The SMILES string of the molecule is COCCNCCCCc1cc(C)c(C)cc1Cl. The number of hydrogen-bond donors (Lipinski definition) is 1. The van der Waals surface area contributed by atoms with E-state index in [1.54, 1.807) is 7.11 Å². The minimum atomic E-state index is 0.781. The summed E-state index contributed by atoms with van der Waals surface area (Å²) in [6, 6.07) is 4.29. The molecule has 0 saturated carbocycles. The third-order valence-electron chi connectivity index (χ3n) is 3.20. The summed E-state index contributed by atoms with van der Waals surface area (Å²) in [5, 5.41) is 4.26. The maximum Gasteiger partial charge on any atom is 0.0587 e. The van der Waals surface area contributed by atoms with Crippen LogP contribution in [0.5, 0.6) is 0 Å². The van der Waals surface area contributed by atoms with Crippen molar-refractivity contribution in [3.05, 3.63) is 33.8 Å². The van der Waals surface area contributed by atoms with Gasteiger partial charge in [0.25, 0.3) is 0 Å². The normalized spacial score (nSPS) is 10.9. The first-order valence-electron chi connectivity index (χ1n) is 6.60. The molecule has 0 fully saturated rings. The van der Waals surface area contributed by atoms with E-state index < -0.39 is 0 Å². The topological polar surface area (TPSA) is 21.3 Å². The van der Waals surface area contributed by atoms with Crippen molar-refractivity contribution in [3.63, 3.8) is 0 Å². The Labute approximate surface area is 116 Å². The lowest BCUT2D eigenvalue weighted by molar-refractivity contribution is 0.199. The molecule has 0 bridgehead atoms. The van der Waals surface area contributed by atoms with Crippen molar-refractivity contribution in [1.82, 2.24) is 5.32 Å². The molecule has 0 aliphatic heterocycles. The average molecular weight is 270 g/mol. The van der Waals surface area contributed by atoms with Gasteiger partial charge in [-0.25, -0.2) is 0 Å². The molecule has 3 heteroatoms. The lowest BCUT2D eigenvalue weighted by Gasteiger charge is -2.09. The van der Waals surface area contributed by atoms with Crippen LogP contribution < -0.4 is 5.32 Å². The average Bonchev–Trinajstić information content (AvgIpc) is 2.34. The smallest absolute Gasteiger partial charge is 0.0587 e. The van der Waals surface area contributed by atoms with Gasteiger partial charge in [-0.3, -0.25) is 0 Å². The summed E-state index contributed by atoms with van der Waals surface area (Å²) in [5.74, 6) is 0. The van der Waals surface area contributed by atoms with E-state index in [1.807, 2.05) is 0 Å². The Morgan fingerprint density at radius 2 is 1.83 bits per heavy atom. The van der Waals surface area contributed by atoms with Crippen LogP contribution in [0.3, 0.4) is 0 Å². The second kappa shape index (κ2) is 8.52. The van der Waals surface area contributed by atoms with Crippen LogP contribution in [-0.4, -0.2) is 26.8 Å². The van der Waals surface area contributed by atoms with E-state index in [0.717, 1.165) is 31.1 Å². The summed E-state index contributed by atoms with van der Waals surface area (Å²) >= 11 is 6.25. The molecule has 1 aromatic carbocycles. The van der Waals surface area contributed by atoms with Crippen LogP contribution in [0.25, 0.3) is 0 Å². The summed E-state index contributed by atoms with van der Waals surface area (Å²) in [4.78, 5) is 0. The zero-order valence-electron chi connectivity index (χ0n) is 11.7. The quantitative estimate of drug-likeness (QED) is 0.729. The van der Waals surface area contributed by atoms with Gasteiger partial charge in [0, 0.05) is 18.7 Å². The summed E-state index contributed by atoms with van der Waals surface area (Å²) in [7, 11) is 1.73. The Bertz CT molecular complexity index is 366. The first kappa shape index (κ1) is 15.5. The maximum absolute atomic E-state index is 6.25. The predicted molar refractivity (Wildman–Crippen MR) is 78.6 cm³/mol.